The average molecular weight is 927 g/mol. The fourth-order valence-electron chi connectivity index (χ4n) is 11.7. The molecule has 4 heterocycles. The number of nitrogens with zero attached hydrogens (tertiary/aromatic N) is 4. The van der Waals surface area contributed by atoms with E-state index in [0.717, 1.165) is 44.6 Å². The summed E-state index contributed by atoms with van der Waals surface area (Å²) in [5.41, 5.74) is 8.66. The summed E-state index contributed by atoms with van der Waals surface area (Å²) in [6, 6.07) is 99.0. The number of benzene rings is 9. The van der Waals surface area contributed by atoms with Crippen molar-refractivity contribution in [2.24, 2.45) is 0 Å². The van der Waals surface area contributed by atoms with E-state index in [1.165, 1.54) is 52.9 Å². The van der Waals surface area contributed by atoms with Crippen molar-refractivity contribution in [2.75, 3.05) is 4.90 Å². The molecule has 0 aliphatic carbocycles. The first-order chi connectivity index (χ1) is 34.8. The predicted molar refractivity (Wildman–Crippen MR) is 297 cm³/mol. The second-order valence-corrected chi connectivity index (χ2v) is 25.6. The lowest BCUT2D eigenvalue weighted by atomic mass is 10.1. The lowest BCUT2D eigenvalue weighted by Gasteiger charge is -2.45. The number of rotatable bonds is 9. The predicted octanol–water partition coefficient (Wildman–Crippen LogP) is 9.78. The monoisotopic (exact) mass is 926 g/mol. The topological polar surface area (TPSA) is 34.0 Å². The van der Waals surface area contributed by atoms with E-state index in [1.54, 1.807) is 0 Å². The summed E-state index contributed by atoms with van der Waals surface area (Å²) in [4.78, 5) is 12.7. The molecule has 12 aromatic rings. The number of para-hydroxylation sites is 2. The van der Waals surface area contributed by atoms with E-state index in [-0.39, 0.29) is 0 Å². The molecule has 0 N–H and O–H groups in total. The van der Waals surface area contributed by atoms with Crippen molar-refractivity contribution in [1.29, 1.82) is 0 Å². The first-order valence-corrected chi connectivity index (χ1v) is 28.0. The molecule has 0 fully saturated rings. The van der Waals surface area contributed by atoms with E-state index in [0.29, 0.717) is 0 Å². The van der Waals surface area contributed by atoms with E-state index in [1.807, 2.05) is 18.5 Å². The van der Waals surface area contributed by atoms with Crippen LogP contribution in [0.4, 0.5) is 17.1 Å². The molecule has 330 valence electrons. The van der Waals surface area contributed by atoms with E-state index >= 15 is 0 Å². The van der Waals surface area contributed by atoms with Gasteiger partial charge in [0, 0.05) is 45.8 Å². The minimum atomic E-state index is -3.06. The average Bonchev–Trinajstić information content (AvgIpc) is 3.79. The first-order valence-electron chi connectivity index (χ1n) is 24.0. The van der Waals surface area contributed by atoms with Crippen LogP contribution in [0.5, 0.6) is 0 Å². The van der Waals surface area contributed by atoms with Gasteiger partial charge >= 0.3 is 0 Å². The van der Waals surface area contributed by atoms with Gasteiger partial charge in [-0.3, -0.25) is 9.55 Å². The van der Waals surface area contributed by atoms with Gasteiger partial charge in [0.15, 0.2) is 16.1 Å². The lowest BCUT2D eigenvalue weighted by Crippen LogP contribution is -2.77. The molecule has 1 aliphatic rings. The van der Waals surface area contributed by atoms with Gasteiger partial charge in [0.1, 0.15) is 5.65 Å². The van der Waals surface area contributed by atoms with Crippen LogP contribution in [0.15, 0.2) is 279 Å². The maximum absolute atomic E-state index is 5.31. The van der Waals surface area contributed by atoms with Gasteiger partial charge in [0.05, 0.1) is 16.9 Å². The maximum Gasteiger partial charge on any atom is 0.184 e. The molecule has 0 atom stereocenters. The fourth-order valence-corrected chi connectivity index (χ4v) is 21.6. The van der Waals surface area contributed by atoms with Gasteiger partial charge in [0.2, 0.25) is 0 Å². The maximum atomic E-state index is 5.31. The summed E-state index contributed by atoms with van der Waals surface area (Å²) >= 11 is 0. The SMILES string of the molecule is c1ccc(N2c3ccccc3[Si](c3ccccc3)(c3ccccc3)c3ccc4c5cccnc5n(-c5cccc([Si](c6ccccc6)(c6ccccc6)c6cccc(-c7ccccn7)c6)c5)c4c32)cc1. The molecular formula is C64H46N4Si2. The molecule has 1 aliphatic heterocycles. The highest BCUT2D eigenvalue weighted by Gasteiger charge is 2.50. The molecule has 0 amide bonds. The third-order valence-corrected chi connectivity index (χ3v) is 24.1. The Morgan fingerprint density at radius 1 is 0.371 bits per heavy atom. The van der Waals surface area contributed by atoms with Crippen molar-refractivity contribution in [3.05, 3.63) is 279 Å². The van der Waals surface area contributed by atoms with Gasteiger partial charge in [-0.2, -0.15) is 0 Å². The Hall–Kier alpha value is -8.69. The zero-order chi connectivity index (χ0) is 46.5. The molecule has 70 heavy (non-hydrogen) atoms. The van der Waals surface area contributed by atoms with Gasteiger partial charge in [-0.05, 0) is 96.1 Å². The number of aromatic nitrogens is 3. The van der Waals surface area contributed by atoms with E-state index in [2.05, 4.69) is 270 Å². The standard InChI is InChI=1S/C64H46N4Si2/c1-6-24-48(25-7-1)67-59-39-16-17-40-60(59)70(52-31-12-4-13-32-52,53-33-14-5-15-34-53)61-42-41-56-57-37-22-44-66-64(57)68(62(56)63(61)67)49-26-21-36-55(46-49)69(50-27-8-2-9-28-50,51-29-10-3-11-30-51)54-35-20-23-47(45-54)58-38-18-19-43-65-58/h1-46H. The number of pyridine rings is 2. The van der Waals surface area contributed by atoms with Gasteiger partial charge in [0.25, 0.3) is 0 Å². The van der Waals surface area contributed by atoms with Crippen molar-refractivity contribution in [3.8, 4) is 16.9 Å². The molecule has 0 saturated heterocycles. The molecule has 0 spiro atoms. The molecule has 0 unspecified atom stereocenters. The summed E-state index contributed by atoms with van der Waals surface area (Å²) < 4.78 is 2.48. The van der Waals surface area contributed by atoms with Crippen molar-refractivity contribution >= 4 is 96.6 Å². The number of hydrogen-bond acceptors (Lipinski definition) is 3. The first kappa shape index (κ1) is 41.5. The zero-order valence-electron chi connectivity index (χ0n) is 38.3. The number of hydrogen-bond donors (Lipinski definition) is 0. The van der Waals surface area contributed by atoms with Crippen LogP contribution in [-0.2, 0) is 0 Å². The quantitative estimate of drug-likeness (QED) is 0.107. The molecule has 4 nitrogen and oxygen atoms in total. The minimum absolute atomic E-state index is 0.922. The smallest absolute Gasteiger partial charge is 0.184 e. The number of fused-ring (bicyclic) bond motifs is 6. The summed E-state index contributed by atoms with van der Waals surface area (Å²) in [6.45, 7) is 0. The second kappa shape index (κ2) is 17.1. The Balaban J connectivity index is 1.17. The molecule has 9 aromatic carbocycles. The highest BCUT2D eigenvalue weighted by atomic mass is 28.3. The van der Waals surface area contributed by atoms with E-state index in [4.69, 9.17) is 9.97 Å². The van der Waals surface area contributed by atoms with Crippen molar-refractivity contribution in [1.82, 2.24) is 14.5 Å². The van der Waals surface area contributed by atoms with Crippen LogP contribution in [0, 0.1) is 0 Å². The van der Waals surface area contributed by atoms with Crippen LogP contribution < -0.4 is 46.4 Å². The van der Waals surface area contributed by atoms with Gasteiger partial charge in [-0.25, -0.2) is 4.98 Å². The molecule has 13 rings (SSSR count). The summed E-state index contributed by atoms with van der Waals surface area (Å²) in [6.07, 6.45) is 3.83. The Morgan fingerprint density at radius 2 is 0.929 bits per heavy atom. The van der Waals surface area contributed by atoms with E-state index < -0.39 is 16.1 Å². The molecule has 0 bridgehead atoms. The Labute approximate surface area is 410 Å². The summed E-state index contributed by atoms with van der Waals surface area (Å²) in [7, 11) is -6.08. The van der Waals surface area contributed by atoms with Crippen LogP contribution in [-0.4, -0.2) is 30.7 Å². The largest absolute Gasteiger partial charge is 0.309 e. The Bertz CT molecular complexity index is 3750. The number of anilines is 3. The third-order valence-electron chi connectivity index (χ3n) is 14.5. The second-order valence-electron chi connectivity index (χ2n) is 18.1. The van der Waals surface area contributed by atoms with Crippen LogP contribution in [0.1, 0.15) is 0 Å². The fraction of sp³-hybridized carbons (Fsp3) is 0. The highest BCUT2D eigenvalue weighted by Crippen LogP contribution is 2.45. The Kier molecular flexibility index (Phi) is 10.2. The van der Waals surface area contributed by atoms with Gasteiger partial charge < -0.3 is 4.90 Å². The van der Waals surface area contributed by atoms with Crippen LogP contribution in [0.3, 0.4) is 0 Å². The summed E-state index contributed by atoms with van der Waals surface area (Å²) in [5, 5.41) is 12.8. The molecule has 3 aromatic heterocycles. The zero-order valence-corrected chi connectivity index (χ0v) is 40.3. The highest BCUT2D eigenvalue weighted by molar-refractivity contribution is 7.21. The van der Waals surface area contributed by atoms with Crippen molar-refractivity contribution in [2.45, 2.75) is 0 Å². The summed E-state index contributed by atoms with van der Waals surface area (Å²) in [5.74, 6) is 0. The Morgan fingerprint density at radius 3 is 1.60 bits per heavy atom. The van der Waals surface area contributed by atoms with E-state index in [9.17, 15) is 0 Å². The van der Waals surface area contributed by atoms with Crippen molar-refractivity contribution < 1.29 is 0 Å². The van der Waals surface area contributed by atoms with Gasteiger partial charge in [-0.1, -0.05) is 212 Å². The molecule has 0 saturated carbocycles. The molecule has 6 heteroatoms. The molecular weight excluding hydrogens is 881 g/mol. The third kappa shape index (κ3) is 6.34. The van der Waals surface area contributed by atoms with Crippen LogP contribution >= 0.6 is 0 Å². The molecule has 0 radical (unpaired) electrons. The van der Waals surface area contributed by atoms with Crippen LogP contribution in [0.2, 0.25) is 0 Å². The van der Waals surface area contributed by atoms with Gasteiger partial charge in [-0.15, -0.1) is 0 Å². The van der Waals surface area contributed by atoms with Crippen LogP contribution in [0.25, 0.3) is 38.9 Å². The minimum Gasteiger partial charge on any atom is -0.309 e. The normalized spacial score (nSPS) is 12.9. The lowest BCUT2D eigenvalue weighted by molar-refractivity contribution is 1.13. The van der Waals surface area contributed by atoms with Crippen molar-refractivity contribution in [3.63, 3.8) is 0 Å².